The molecule has 150 valence electrons. The fourth-order valence-corrected chi connectivity index (χ4v) is 3.56. The van der Waals surface area contributed by atoms with E-state index < -0.39 is 0 Å². The summed E-state index contributed by atoms with van der Waals surface area (Å²) >= 11 is 0. The van der Waals surface area contributed by atoms with E-state index in [0.717, 1.165) is 56.1 Å². The first-order valence-corrected chi connectivity index (χ1v) is 9.95. The Labute approximate surface area is 167 Å². The van der Waals surface area contributed by atoms with Crippen LogP contribution in [-0.4, -0.2) is 44.2 Å². The van der Waals surface area contributed by atoms with Gasteiger partial charge in [-0.3, -0.25) is 9.69 Å². The highest BCUT2D eigenvalue weighted by atomic mass is 16.5. The minimum absolute atomic E-state index is 0.0230. The Balaban J connectivity index is 1.63. The van der Waals surface area contributed by atoms with E-state index in [2.05, 4.69) is 23.2 Å². The Bertz CT molecular complexity index is 783. The number of hydrogen-bond acceptors (Lipinski definition) is 4. The smallest absolute Gasteiger partial charge is 0.251 e. The van der Waals surface area contributed by atoms with Gasteiger partial charge in [-0.05, 0) is 48.2 Å². The molecule has 0 unspecified atom stereocenters. The Morgan fingerprint density at radius 1 is 1.18 bits per heavy atom. The lowest BCUT2D eigenvalue weighted by atomic mass is 10.0. The predicted molar refractivity (Wildman–Crippen MR) is 111 cm³/mol. The fraction of sp³-hybridized carbons (Fsp3) is 0.435. The minimum Gasteiger partial charge on any atom is -0.496 e. The zero-order valence-electron chi connectivity index (χ0n) is 17.0. The highest BCUT2D eigenvalue weighted by Gasteiger charge is 2.16. The second-order valence-corrected chi connectivity index (χ2v) is 7.25. The van der Waals surface area contributed by atoms with Gasteiger partial charge in [0.05, 0.1) is 26.4 Å². The number of benzene rings is 2. The van der Waals surface area contributed by atoms with Gasteiger partial charge in [-0.2, -0.15) is 0 Å². The number of aryl methyl sites for hydroxylation is 1. The summed E-state index contributed by atoms with van der Waals surface area (Å²) < 4.78 is 10.7. The molecule has 0 aliphatic carbocycles. The minimum atomic E-state index is -0.0433. The second kappa shape index (κ2) is 9.71. The van der Waals surface area contributed by atoms with Crippen molar-refractivity contribution in [2.75, 3.05) is 33.4 Å². The molecule has 1 aliphatic heterocycles. The normalized spacial score (nSPS) is 15.8. The number of methoxy groups -OCH3 is 1. The Kier molecular flexibility index (Phi) is 7.06. The summed E-state index contributed by atoms with van der Waals surface area (Å²) in [5.41, 5.74) is 4.07. The first-order valence-electron chi connectivity index (χ1n) is 9.95. The van der Waals surface area contributed by atoms with Gasteiger partial charge in [0.25, 0.3) is 5.91 Å². The van der Waals surface area contributed by atoms with E-state index in [1.165, 1.54) is 5.56 Å². The fourth-order valence-electron chi connectivity index (χ4n) is 3.56. The van der Waals surface area contributed by atoms with Gasteiger partial charge in [-0.15, -0.1) is 0 Å². The molecule has 2 aromatic carbocycles. The number of morpholine rings is 1. The average Bonchev–Trinajstić information content (AvgIpc) is 2.73. The number of ether oxygens (including phenoxy) is 2. The summed E-state index contributed by atoms with van der Waals surface area (Å²) in [7, 11) is 1.67. The van der Waals surface area contributed by atoms with Crippen LogP contribution in [0.5, 0.6) is 5.75 Å². The summed E-state index contributed by atoms with van der Waals surface area (Å²) in [6.45, 7) is 8.50. The van der Waals surface area contributed by atoms with Gasteiger partial charge in [0, 0.05) is 25.2 Å². The number of carbonyl (C=O) groups is 1. The number of nitrogens with zero attached hydrogens (tertiary/aromatic N) is 1. The molecular weight excluding hydrogens is 352 g/mol. The molecule has 2 aromatic rings. The van der Waals surface area contributed by atoms with Crippen molar-refractivity contribution in [1.82, 2.24) is 10.2 Å². The molecule has 0 bridgehead atoms. The third kappa shape index (κ3) is 5.12. The molecule has 3 rings (SSSR count). The number of hydrogen-bond donors (Lipinski definition) is 1. The van der Waals surface area contributed by atoms with E-state index in [0.29, 0.717) is 5.56 Å². The van der Waals surface area contributed by atoms with Crippen LogP contribution in [0, 0.1) is 6.92 Å². The maximum Gasteiger partial charge on any atom is 0.251 e. The van der Waals surface area contributed by atoms with Gasteiger partial charge in [0.1, 0.15) is 5.75 Å². The number of rotatable bonds is 7. The van der Waals surface area contributed by atoms with Gasteiger partial charge in [-0.25, -0.2) is 0 Å². The SMILES string of the molecule is CC[C@H](NC(=O)c1ccc(CN2CCOCC2)cc1)c1ccc(OC)c(C)c1. The van der Waals surface area contributed by atoms with Crippen molar-refractivity contribution < 1.29 is 14.3 Å². The van der Waals surface area contributed by atoms with Crippen LogP contribution in [0.1, 0.15) is 46.4 Å². The second-order valence-electron chi connectivity index (χ2n) is 7.25. The Morgan fingerprint density at radius 3 is 2.50 bits per heavy atom. The van der Waals surface area contributed by atoms with E-state index in [1.54, 1.807) is 7.11 Å². The first kappa shape index (κ1) is 20.4. The number of carbonyl (C=O) groups excluding carboxylic acids is 1. The topological polar surface area (TPSA) is 50.8 Å². The lowest BCUT2D eigenvalue weighted by Gasteiger charge is -2.26. The molecular formula is C23H30N2O3. The summed E-state index contributed by atoms with van der Waals surface area (Å²) in [6.07, 6.45) is 0.826. The van der Waals surface area contributed by atoms with Crippen LogP contribution in [0.3, 0.4) is 0 Å². The van der Waals surface area contributed by atoms with Crippen molar-refractivity contribution in [2.24, 2.45) is 0 Å². The van der Waals surface area contributed by atoms with E-state index in [4.69, 9.17) is 9.47 Å². The van der Waals surface area contributed by atoms with Crippen LogP contribution < -0.4 is 10.1 Å². The quantitative estimate of drug-likeness (QED) is 0.793. The van der Waals surface area contributed by atoms with Crippen LogP contribution in [0.4, 0.5) is 0 Å². The zero-order valence-corrected chi connectivity index (χ0v) is 17.0. The molecule has 0 saturated carbocycles. The molecule has 1 amide bonds. The van der Waals surface area contributed by atoms with Gasteiger partial charge < -0.3 is 14.8 Å². The average molecular weight is 383 g/mol. The summed E-state index contributed by atoms with van der Waals surface area (Å²) in [4.78, 5) is 15.1. The molecule has 1 fully saturated rings. The molecule has 28 heavy (non-hydrogen) atoms. The monoisotopic (exact) mass is 382 g/mol. The largest absolute Gasteiger partial charge is 0.496 e. The Hall–Kier alpha value is -2.37. The van der Waals surface area contributed by atoms with Crippen molar-refractivity contribution >= 4 is 5.91 Å². The van der Waals surface area contributed by atoms with Crippen LogP contribution in [0.25, 0.3) is 0 Å². The molecule has 1 N–H and O–H groups in total. The van der Waals surface area contributed by atoms with Crippen LogP contribution >= 0.6 is 0 Å². The highest BCUT2D eigenvalue weighted by molar-refractivity contribution is 5.94. The van der Waals surface area contributed by atoms with Crippen LogP contribution in [-0.2, 0) is 11.3 Å². The third-order valence-electron chi connectivity index (χ3n) is 5.26. The lowest BCUT2D eigenvalue weighted by Crippen LogP contribution is -2.35. The van der Waals surface area contributed by atoms with Crippen molar-refractivity contribution in [3.05, 3.63) is 64.7 Å². The lowest BCUT2D eigenvalue weighted by molar-refractivity contribution is 0.0342. The molecule has 0 aromatic heterocycles. The molecule has 5 nitrogen and oxygen atoms in total. The number of nitrogens with one attached hydrogen (secondary N) is 1. The summed E-state index contributed by atoms with van der Waals surface area (Å²) in [5, 5.41) is 3.16. The molecule has 1 saturated heterocycles. The predicted octanol–water partition coefficient (Wildman–Crippen LogP) is 3.72. The highest BCUT2D eigenvalue weighted by Crippen LogP contribution is 2.24. The summed E-state index contributed by atoms with van der Waals surface area (Å²) in [6, 6.07) is 14.0. The van der Waals surface area contributed by atoms with Gasteiger partial charge >= 0.3 is 0 Å². The zero-order chi connectivity index (χ0) is 19.9. The maximum absolute atomic E-state index is 12.7. The van der Waals surface area contributed by atoms with Crippen molar-refractivity contribution in [1.29, 1.82) is 0 Å². The molecule has 1 aliphatic rings. The van der Waals surface area contributed by atoms with Crippen LogP contribution in [0.2, 0.25) is 0 Å². The first-order chi connectivity index (χ1) is 13.6. The summed E-state index contributed by atoms with van der Waals surface area (Å²) in [5.74, 6) is 0.819. The van der Waals surface area contributed by atoms with Crippen molar-refractivity contribution in [2.45, 2.75) is 32.9 Å². The van der Waals surface area contributed by atoms with Crippen molar-refractivity contribution in [3.8, 4) is 5.75 Å². The van der Waals surface area contributed by atoms with Gasteiger partial charge in [0.15, 0.2) is 0 Å². The van der Waals surface area contributed by atoms with Gasteiger partial charge in [-0.1, -0.05) is 31.2 Å². The molecule has 5 heteroatoms. The molecule has 1 atom stereocenters. The van der Waals surface area contributed by atoms with E-state index in [9.17, 15) is 4.79 Å². The Morgan fingerprint density at radius 2 is 1.89 bits per heavy atom. The van der Waals surface area contributed by atoms with E-state index >= 15 is 0 Å². The van der Waals surface area contributed by atoms with E-state index in [-0.39, 0.29) is 11.9 Å². The van der Waals surface area contributed by atoms with Gasteiger partial charge in [0.2, 0.25) is 0 Å². The molecule has 0 radical (unpaired) electrons. The molecule has 0 spiro atoms. The van der Waals surface area contributed by atoms with E-state index in [1.807, 2.05) is 43.3 Å². The van der Waals surface area contributed by atoms with Crippen molar-refractivity contribution in [3.63, 3.8) is 0 Å². The third-order valence-corrected chi connectivity index (χ3v) is 5.26. The standard InChI is InChI=1S/C23H30N2O3/c1-4-21(20-9-10-22(27-3)17(2)15-20)24-23(26)19-7-5-18(6-8-19)16-25-11-13-28-14-12-25/h5-10,15,21H,4,11-14,16H2,1-3H3,(H,24,26)/t21-/m0/s1. The maximum atomic E-state index is 12.7. The number of amides is 1. The molecule has 1 heterocycles. The van der Waals surface area contributed by atoms with Crippen LogP contribution in [0.15, 0.2) is 42.5 Å².